The Bertz CT molecular complexity index is 728. The zero-order valence-electron chi connectivity index (χ0n) is 12.5. The molecule has 2 aromatic heterocycles. The Balaban J connectivity index is 1.39. The van der Waals surface area contributed by atoms with Gasteiger partial charge >= 0.3 is 0 Å². The van der Waals surface area contributed by atoms with E-state index in [2.05, 4.69) is 40.3 Å². The van der Waals surface area contributed by atoms with Gasteiger partial charge in [-0.1, -0.05) is 18.2 Å². The first-order valence-electron chi connectivity index (χ1n) is 7.66. The minimum atomic E-state index is 0.0776. The summed E-state index contributed by atoms with van der Waals surface area (Å²) >= 11 is 0. The van der Waals surface area contributed by atoms with Crippen LogP contribution in [0.1, 0.15) is 18.6 Å². The van der Waals surface area contributed by atoms with E-state index in [9.17, 15) is 4.79 Å². The molecule has 4 heteroatoms. The van der Waals surface area contributed by atoms with Gasteiger partial charge in [-0.05, 0) is 36.1 Å². The lowest BCUT2D eigenvalue weighted by atomic mass is 10.2. The van der Waals surface area contributed by atoms with Crippen LogP contribution < -0.4 is 5.32 Å². The van der Waals surface area contributed by atoms with Gasteiger partial charge in [0.25, 0.3) is 0 Å². The molecule has 0 aliphatic rings. The van der Waals surface area contributed by atoms with Gasteiger partial charge in [0.15, 0.2) is 0 Å². The van der Waals surface area contributed by atoms with Crippen molar-refractivity contribution in [2.24, 2.45) is 0 Å². The summed E-state index contributed by atoms with van der Waals surface area (Å²) in [5.41, 5.74) is 1.24. The molecule has 22 heavy (non-hydrogen) atoms. The van der Waals surface area contributed by atoms with Gasteiger partial charge in [-0.15, -0.1) is 0 Å². The number of aromatic nitrogens is 1. The van der Waals surface area contributed by atoms with E-state index < -0.39 is 0 Å². The fourth-order valence-electron chi connectivity index (χ4n) is 2.59. The lowest BCUT2D eigenvalue weighted by Crippen LogP contribution is -2.25. The number of amides is 1. The van der Waals surface area contributed by atoms with Crippen molar-refractivity contribution in [1.82, 2.24) is 9.88 Å². The summed E-state index contributed by atoms with van der Waals surface area (Å²) in [6.45, 7) is 1.61. The molecule has 1 N–H and O–H groups in total. The second-order valence-electron chi connectivity index (χ2n) is 5.35. The number of rotatable bonds is 7. The Kier molecular flexibility index (Phi) is 4.59. The van der Waals surface area contributed by atoms with Crippen LogP contribution >= 0.6 is 0 Å². The fraction of sp³-hybridized carbons (Fsp3) is 0.278. The zero-order chi connectivity index (χ0) is 15.2. The standard InChI is InChI=1S/C18H20N2O2/c21-18(9-8-16-6-3-14-22-16)19-11-4-12-20-13-10-15-5-1-2-7-17(15)20/h1-3,5-7,10,13-14H,4,8-9,11-12H2,(H,19,21). The number of furan rings is 1. The van der Waals surface area contributed by atoms with Crippen LogP contribution in [0.3, 0.4) is 0 Å². The van der Waals surface area contributed by atoms with E-state index in [1.54, 1.807) is 6.26 Å². The molecule has 1 aromatic carbocycles. The average molecular weight is 296 g/mol. The minimum absolute atomic E-state index is 0.0776. The van der Waals surface area contributed by atoms with E-state index in [-0.39, 0.29) is 5.91 Å². The van der Waals surface area contributed by atoms with Gasteiger partial charge in [-0.3, -0.25) is 4.79 Å². The van der Waals surface area contributed by atoms with Crippen LogP contribution in [0.25, 0.3) is 10.9 Å². The second-order valence-corrected chi connectivity index (χ2v) is 5.35. The van der Waals surface area contributed by atoms with Crippen molar-refractivity contribution in [3.63, 3.8) is 0 Å². The Labute approximate surface area is 129 Å². The fourth-order valence-corrected chi connectivity index (χ4v) is 2.59. The van der Waals surface area contributed by atoms with Gasteiger partial charge in [0, 0.05) is 37.6 Å². The van der Waals surface area contributed by atoms with E-state index >= 15 is 0 Å². The molecule has 3 rings (SSSR count). The van der Waals surface area contributed by atoms with Crippen LogP contribution in [0.15, 0.2) is 59.3 Å². The van der Waals surface area contributed by atoms with Gasteiger partial charge in [0.2, 0.25) is 5.91 Å². The third-order valence-electron chi connectivity index (χ3n) is 3.76. The molecule has 0 unspecified atom stereocenters. The summed E-state index contributed by atoms with van der Waals surface area (Å²) < 4.78 is 7.44. The number of aryl methyl sites for hydroxylation is 2. The van der Waals surface area contributed by atoms with Crippen molar-refractivity contribution in [1.29, 1.82) is 0 Å². The predicted octanol–water partition coefficient (Wildman–Crippen LogP) is 3.37. The Hall–Kier alpha value is -2.49. The van der Waals surface area contributed by atoms with Crippen LogP contribution in [0, 0.1) is 0 Å². The zero-order valence-corrected chi connectivity index (χ0v) is 12.5. The molecule has 0 atom stereocenters. The van der Waals surface area contributed by atoms with Crippen molar-refractivity contribution in [2.75, 3.05) is 6.54 Å². The highest BCUT2D eigenvalue weighted by molar-refractivity contribution is 5.79. The molecule has 1 amide bonds. The van der Waals surface area contributed by atoms with Crippen LogP contribution in [0.4, 0.5) is 0 Å². The largest absolute Gasteiger partial charge is 0.469 e. The van der Waals surface area contributed by atoms with Gasteiger partial charge in [0.05, 0.1) is 6.26 Å². The van der Waals surface area contributed by atoms with Crippen LogP contribution in [-0.4, -0.2) is 17.0 Å². The highest BCUT2D eigenvalue weighted by Gasteiger charge is 2.04. The van der Waals surface area contributed by atoms with Crippen molar-refractivity contribution < 1.29 is 9.21 Å². The molecule has 0 saturated heterocycles. The maximum Gasteiger partial charge on any atom is 0.220 e. The molecule has 0 saturated carbocycles. The summed E-state index contributed by atoms with van der Waals surface area (Å²) in [4.78, 5) is 11.8. The number of hydrogen-bond donors (Lipinski definition) is 1. The number of hydrogen-bond acceptors (Lipinski definition) is 2. The van der Waals surface area contributed by atoms with E-state index in [0.29, 0.717) is 19.4 Å². The normalized spacial score (nSPS) is 10.9. The second kappa shape index (κ2) is 6.98. The Morgan fingerprint density at radius 1 is 1.14 bits per heavy atom. The topological polar surface area (TPSA) is 47.2 Å². The molecule has 0 radical (unpaired) electrons. The molecule has 0 bridgehead atoms. The number of benzene rings is 1. The molecular weight excluding hydrogens is 276 g/mol. The monoisotopic (exact) mass is 296 g/mol. The highest BCUT2D eigenvalue weighted by Crippen LogP contribution is 2.15. The summed E-state index contributed by atoms with van der Waals surface area (Å²) in [6.07, 6.45) is 5.78. The maximum atomic E-state index is 11.8. The van der Waals surface area contributed by atoms with Crippen LogP contribution in [0.5, 0.6) is 0 Å². The number of nitrogens with one attached hydrogen (secondary N) is 1. The van der Waals surface area contributed by atoms with Crippen molar-refractivity contribution in [3.05, 3.63) is 60.7 Å². The molecule has 0 aliphatic heterocycles. The van der Waals surface area contributed by atoms with Gasteiger partial charge in [0.1, 0.15) is 5.76 Å². The third-order valence-corrected chi connectivity index (χ3v) is 3.76. The molecule has 114 valence electrons. The lowest BCUT2D eigenvalue weighted by Gasteiger charge is -2.07. The summed E-state index contributed by atoms with van der Waals surface area (Å²) in [5, 5.41) is 4.22. The van der Waals surface area contributed by atoms with E-state index in [1.807, 2.05) is 18.2 Å². The molecule has 0 aliphatic carbocycles. The highest BCUT2D eigenvalue weighted by atomic mass is 16.3. The SMILES string of the molecule is O=C(CCc1ccco1)NCCCn1ccc2ccccc21. The number of para-hydroxylation sites is 1. The number of carbonyl (C=O) groups is 1. The minimum Gasteiger partial charge on any atom is -0.469 e. The third kappa shape index (κ3) is 3.58. The summed E-state index contributed by atoms with van der Waals surface area (Å²) in [5.74, 6) is 0.933. The van der Waals surface area contributed by atoms with Crippen molar-refractivity contribution in [3.8, 4) is 0 Å². The first kappa shape index (κ1) is 14.4. The first-order valence-corrected chi connectivity index (χ1v) is 7.66. The number of fused-ring (bicyclic) bond motifs is 1. The first-order chi connectivity index (χ1) is 10.8. The molecule has 4 nitrogen and oxygen atoms in total. The van der Waals surface area contributed by atoms with Crippen LogP contribution in [0.2, 0.25) is 0 Å². The Morgan fingerprint density at radius 3 is 2.91 bits per heavy atom. The Morgan fingerprint density at radius 2 is 2.05 bits per heavy atom. The molecule has 3 aromatic rings. The number of carbonyl (C=O) groups excluding carboxylic acids is 1. The van der Waals surface area contributed by atoms with Crippen LogP contribution in [-0.2, 0) is 17.8 Å². The smallest absolute Gasteiger partial charge is 0.220 e. The molecule has 0 fully saturated rings. The molecular formula is C18H20N2O2. The quantitative estimate of drug-likeness (QED) is 0.679. The van der Waals surface area contributed by atoms with E-state index in [4.69, 9.17) is 4.42 Å². The van der Waals surface area contributed by atoms with Gasteiger partial charge < -0.3 is 14.3 Å². The van der Waals surface area contributed by atoms with Crippen molar-refractivity contribution in [2.45, 2.75) is 25.8 Å². The van der Waals surface area contributed by atoms with Gasteiger partial charge in [-0.25, -0.2) is 0 Å². The van der Waals surface area contributed by atoms with Crippen molar-refractivity contribution >= 4 is 16.8 Å². The summed E-state index contributed by atoms with van der Waals surface area (Å²) in [6, 6.07) is 14.2. The average Bonchev–Trinajstić information content (AvgIpc) is 3.19. The molecule has 0 spiro atoms. The number of nitrogens with zero attached hydrogens (tertiary/aromatic N) is 1. The summed E-state index contributed by atoms with van der Waals surface area (Å²) in [7, 11) is 0. The lowest BCUT2D eigenvalue weighted by molar-refractivity contribution is -0.121. The molecule has 2 heterocycles. The van der Waals surface area contributed by atoms with E-state index in [0.717, 1.165) is 18.7 Å². The van der Waals surface area contributed by atoms with Gasteiger partial charge in [-0.2, -0.15) is 0 Å². The maximum absolute atomic E-state index is 11.8. The van der Waals surface area contributed by atoms with E-state index in [1.165, 1.54) is 10.9 Å². The predicted molar refractivity (Wildman–Crippen MR) is 86.6 cm³/mol.